The van der Waals surface area contributed by atoms with E-state index < -0.39 is 0 Å². The van der Waals surface area contributed by atoms with E-state index in [0.717, 1.165) is 48.1 Å². The van der Waals surface area contributed by atoms with E-state index in [9.17, 15) is 0 Å². The first-order chi connectivity index (χ1) is 7.77. The summed E-state index contributed by atoms with van der Waals surface area (Å²) in [6.45, 7) is 1.77. The third-order valence-electron chi connectivity index (χ3n) is 2.79. The van der Waals surface area contributed by atoms with Crippen molar-refractivity contribution in [2.75, 3.05) is 18.9 Å². The monoisotopic (exact) mass is 257 g/mol. The summed E-state index contributed by atoms with van der Waals surface area (Å²) in [5.74, 6) is 0.899. The first kappa shape index (κ1) is 12.1. The summed E-state index contributed by atoms with van der Waals surface area (Å²) in [4.78, 5) is 0. The molecule has 4 heteroatoms. The second kappa shape index (κ2) is 5.80. The van der Waals surface area contributed by atoms with Crippen LogP contribution in [0.4, 0.5) is 5.69 Å². The molecule has 0 bridgehead atoms. The van der Waals surface area contributed by atoms with Crippen LogP contribution in [0, 0.1) is 0 Å². The molecule has 1 aromatic rings. The lowest BCUT2D eigenvalue weighted by atomic mass is 10.2. The molecule has 2 N–H and O–H groups in total. The number of hydrogen-bond acceptors (Lipinski definition) is 3. The molecular formula is C12H16ClNOS. The summed E-state index contributed by atoms with van der Waals surface area (Å²) in [7, 11) is 0. The fourth-order valence-corrected chi connectivity index (χ4v) is 3.35. The Morgan fingerprint density at radius 3 is 2.81 bits per heavy atom. The fraction of sp³-hybridized carbons (Fsp3) is 0.500. The van der Waals surface area contributed by atoms with Crippen LogP contribution in [-0.2, 0) is 10.5 Å². The molecule has 0 amide bonds. The van der Waals surface area contributed by atoms with Gasteiger partial charge in [-0.3, -0.25) is 0 Å². The number of nitrogen functional groups attached to an aromatic ring is 1. The Labute approximate surface area is 105 Å². The zero-order valence-corrected chi connectivity index (χ0v) is 10.7. The molecule has 1 saturated heterocycles. The van der Waals surface area contributed by atoms with Crippen molar-refractivity contribution in [2.24, 2.45) is 0 Å². The van der Waals surface area contributed by atoms with E-state index in [4.69, 9.17) is 22.1 Å². The van der Waals surface area contributed by atoms with Crippen LogP contribution >= 0.6 is 23.4 Å². The van der Waals surface area contributed by atoms with E-state index in [2.05, 4.69) is 0 Å². The minimum Gasteiger partial charge on any atom is -0.398 e. The van der Waals surface area contributed by atoms with Crippen molar-refractivity contribution >= 4 is 29.1 Å². The molecule has 1 aliphatic heterocycles. The van der Waals surface area contributed by atoms with E-state index in [-0.39, 0.29) is 0 Å². The van der Waals surface area contributed by atoms with Crippen molar-refractivity contribution < 1.29 is 4.74 Å². The average Bonchev–Trinajstić information content (AvgIpc) is 2.30. The lowest BCUT2D eigenvalue weighted by Crippen LogP contribution is -2.17. The van der Waals surface area contributed by atoms with E-state index >= 15 is 0 Å². The Hall–Kier alpha value is -0.380. The molecule has 0 saturated carbocycles. The van der Waals surface area contributed by atoms with Crippen LogP contribution < -0.4 is 5.73 Å². The van der Waals surface area contributed by atoms with Crippen LogP contribution in [-0.4, -0.2) is 18.5 Å². The minimum atomic E-state index is 0.685. The van der Waals surface area contributed by atoms with Gasteiger partial charge in [0.05, 0.1) is 0 Å². The van der Waals surface area contributed by atoms with Gasteiger partial charge in [0.15, 0.2) is 0 Å². The van der Waals surface area contributed by atoms with Crippen molar-refractivity contribution in [2.45, 2.75) is 23.8 Å². The van der Waals surface area contributed by atoms with Gasteiger partial charge in [-0.15, -0.1) is 0 Å². The van der Waals surface area contributed by atoms with Crippen LogP contribution in [0.5, 0.6) is 0 Å². The standard InChI is InChI=1S/C12H16ClNOS/c13-11-2-1-3-12(14)10(11)8-16-9-4-6-15-7-5-9/h1-3,9H,4-8,14H2. The predicted molar refractivity (Wildman–Crippen MR) is 71.0 cm³/mol. The molecule has 1 fully saturated rings. The number of rotatable bonds is 3. The van der Waals surface area contributed by atoms with Gasteiger partial charge in [0.1, 0.15) is 0 Å². The third kappa shape index (κ3) is 3.06. The lowest BCUT2D eigenvalue weighted by Gasteiger charge is -2.21. The number of benzene rings is 1. The quantitative estimate of drug-likeness (QED) is 0.844. The second-order valence-electron chi connectivity index (χ2n) is 3.93. The second-order valence-corrected chi connectivity index (χ2v) is 5.63. The molecule has 0 aromatic heterocycles. The van der Waals surface area contributed by atoms with Crippen LogP contribution in [0.1, 0.15) is 18.4 Å². The van der Waals surface area contributed by atoms with Crippen LogP contribution in [0.3, 0.4) is 0 Å². The number of nitrogens with two attached hydrogens (primary N) is 1. The van der Waals surface area contributed by atoms with Gasteiger partial charge in [-0.05, 0) is 25.0 Å². The smallest absolute Gasteiger partial charge is 0.0476 e. The van der Waals surface area contributed by atoms with Gasteiger partial charge >= 0.3 is 0 Å². The molecule has 16 heavy (non-hydrogen) atoms. The Balaban J connectivity index is 1.93. The number of anilines is 1. The van der Waals surface area contributed by atoms with Crippen molar-refractivity contribution in [3.8, 4) is 0 Å². The molecule has 0 spiro atoms. The highest BCUT2D eigenvalue weighted by Gasteiger charge is 2.15. The van der Waals surface area contributed by atoms with E-state index in [0.29, 0.717) is 5.25 Å². The maximum absolute atomic E-state index is 6.13. The number of hydrogen-bond donors (Lipinski definition) is 1. The molecule has 1 aliphatic rings. The molecule has 0 aliphatic carbocycles. The summed E-state index contributed by atoms with van der Waals surface area (Å²) >= 11 is 8.06. The molecule has 0 atom stereocenters. The SMILES string of the molecule is Nc1cccc(Cl)c1CSC1CCOCC1. The lowest BCUT2D eigenvalue weighted by molar-refractivity contribution is 0.1000. The number of thioether (sulfide) groups is 1. The maximum atomic E-state index is 6.13. The number of halogens is 1. The zero-order chi connectivity index (χ0) is 11.4. The molecule has 2 nitrogen and oxygen atoms in total. The van der Waals surface area contributed by atoms with E-state index in [1.807, 2.05) is 30.0 Å². The summed E-state index contributed by atoms with van der Waals surface area (Å²) in [6.07, 6.45) is 2.27. The number of ether oxygens (including phenoxy) is 1. The van der Waals surface area contributed by atoms with E-state index in [1.165, 1.54) is 0 Å². The molecule has 0 radical (unpaired) electrons. The minimum absolute atomic E-state index is 0.685. The Morgan fingerprint density at radius 1 is 1.38 bits per heavy atom. The van der Waals surface area contributed by atoms with Gasteiger partial charge in [-0.2, -0.15) is 11.8 Å². The molecule has 1 aromatic carbocycles. The maximum Gasteiger partial charge on any atom is 0.0476 e. The van der Waals surface area contributed by atoms with Crippen molar-refractivity contribution in [3.63, 3.8) is 0 Å². The largest absolute Gasteiger partial charge is 0.398 e. The normalized spacial score (nSPS) is 17.6. The fourth-order valence-electron chi connectivity index (χ4n) is 1.77. The Kier molecular flexibility index (Phi) is 4.38. The molecule has 2 rings (SSSR count). The molecular weight excluding hydrogens is 242 g/mol. The summed E-state index contributed by atoms with van der Waals surface area (Å²) in [6, 6.07) is 5.70. The molecule has 0 unspecified atom stereocenters. The van der Waals surface area contributed by atoms with Gasteiger partial charge in [0, 0.05) is 40.5 Å². The summed E-state index contributed by atoms with van der Waals surface area (Å²) < 4.78 is 5.34. The van der Waals surface area contributed by atoms with Gasteiger partial charge < -0.3 is 10.5 Å². The molecule has 88 valence electrons. The van der Waals surface area contributed by atoms with Gasteiger partial charge in [0.2, 0.25) is 0 Å². The predicted octanol–water partition coefficient (Wildman–Crippen LogP) is 3.33. The highest BCUT2D eigenvalue weighted by molar-refractivity contribution is 7.99. The van der Waals surface area contributed by atoms with Crippen LogP contribution in [0.2, 0.25) is 5.02 Å². The first-order valence-corrected chi connectivity index (χ1v) is 6.92. The molecule has 1 heterocycles. The highest BCUT2D eigenvalue weighted by Crippen LogP contribution is 2.31. The van der Waals surface area contributed by atoms with Gasteiger partial charge in [-0.1, -0.05) is 17.7 Å². The van der Waals surface area contributed by atoms with Gasteiger partial charge in [-0.25, -0.2) is 0 Å². The van der Waals surface area contributed by atoms with Crippen LogP contribution in [0.15, 0.2) is 18.2 Å². The van der Waals surface area contributed by atoms with Crippen molar-refractivity contribution in [1.82, 2.24) is 0 Å². The van der Waals surface area contributed by atoms with Crippen molar-refractivity contribution in [3.05, 3.63) is 28.8 Å². The Morgan fingerprint density at radius 2 is 2.12 bits per heavy atom. The Bertz CT molecular complexity index is 333. The van der Waals surface area contributed by atoms with Gasteiger partial charge in [0.25, 0.3) is 0 Å². The van der Waals surface area contributed by atoms with Crippen LogP contribution in [0.25, 0.3) is 0 Å². The first-order valence-electron chi connectivity index (χ1n) is 5.49. The summed E-state index contributed by atoms with van der Waals surface area (Å²) in [5.41, 5.74) is 7.78. The van der Waals surface area contributed by atoms with Crippen molar-refractivity contribution in [1.29, 1.82) is 0 Å². The van der Waals surface area contributed by atoms with E-state index in [1.54, 1.807) is 0 Å². The topological polar surface area (TPSA) is 35.2 Å². The summed E-state index contributed by atoms with van der Waals surface area (Å²) in [5, 5.41) is 1.46. The zero-order valence-electron chi connectivity index (χ0n) is 9.12. The third-order valence-corrected chi connectivity index (χ3v) is 4.54. The average molecular weight is 258 g/mol. The highest BCUT2D eigenvalue weighted by atomic mass is 35.5.